The van der Waals surface area contributed by atoms with Crippen LogP contribution in [0.15, 0.2) is 24.4 Å². The first-order valence-corrected chi connectivity index (χ1v) is 9.95. The molecule has 3 aromatic heterocycles. The number of para-hydroxylation sites is 1. The Labute approximate surface area is 172 Å². The fourth-order valence-corrected chi connectivity index (χ4v) is 4.06. The number of aryl methyl sites for hydroxylation is 1. The summed E-state index contributed by atoms with van der Waals surface area (Å²) in [5.74, 6) is 0.882. The molecule has 0 saturated heterocycles. The molecule has 4 aromatic rings. The minimum atomic E-state index is -0.519. The van der Waals surface area contributed by atoms with Crippen molar-refractivity contribution in [2.75, 3.05) is 5.73 Å². The average molecular weight is 406 g/mol. The van der Waals surface area contributed by atoms with Gasteiger partial charge in [0.05, 0.1) is 28.8 Å². The molecule has 0 bridgehead atoms. The summed E-state index contributed by atoms with van der Waals surface area (Å²) in [5, 5.41) is 5.15. The Kier molecular flexibility index (Phi) is 4.01. The zero-order chi connectivity index (χ0) is 21.2. The lowest BCUT2D eigenvalue weighted by Crippen LogP contribution is -2.31. The fourth-order valence-electron chi connectivity index (χ4n) is 4.06. The first-order chi connectivity index (χ1) is 14.2. The summed E-state index contributed by atoms with van der Waals surface area (Å²) in [6, 6.07) is 4.78. The molecular formula is C21H23FN8. The lowest BCUT2D eigenvalue weighted by atomic mass is 9.72. The van der Waals surface area contributed by atoms with Crippen LogP contribution in [0.25, 0.3) is 16.6 Å². The quantitative estimate of drug-likeness (QED) is 0.536. The van der Waals surface area contributed by atoms with E-state index in [4.69, 9.17) is 11.5 Å². The Morgan fingerprint density at radius 1 is 1.13 bits per heavy atom. The fraction of sp³-hybridized carbons (Fsp3) is 0.381. The van der Waals surface area contributed by atoms with Crippen molar-refractivity contribution in [3.05, 3.63) is 53.1 Å². The normalized spacial score (nSPS) is 19.4. The smallest absolute Gasteiger partial charge is 0.223 e. The van der Waals surface area contributed by atoms with Crippen LogP contribution in [0.1, 0.15) is 61.4 Å². The summed E-state index contributed by atoms with van der Waals surface area (Å²) in [7, 11) is 0. The number of nitrogens with two attached hydrogens (primary N) is 2. The topological polar surface area (TPSA) is 121 Å². The lowest BCUT2D eigenvalue weighted by Gasteiger charge is -2.33. The van der Waals surface area contributed by atoms with Crippen LogP contribution in [0.5, 0.6) is 0 Å². The molecule has 9 heteroatoms. The number of rotatable bonds is 3. The van der Waals surface area contributed by atoms with Gasteiger partial charge < -0.3 is 11.5 Å². The Balaban J connectivity index is 1.43. The van der Waals surface area contributed by atoms with Crippen molar-refractivity contribution in [1.29, 1.82) is 0 Å². The zero-order valence-corrected chi connectivity index (χ0v) is 17.1. The zero-order valence-electron chi connectivity index (χ0n) is 17.1. The van der Waals surface area contributed by atoms with E-state index in [0.717, 1.165) is 29.9 Å². The van der Waals surface area contributed by atoms with Gasteiger partial charge in [0.2, 0.25) is 5.95 Å². The highest BCUT2D eigenvalue weighted by atomic mass is 19.1. The van der Waals surface area contributed by atoms with Crippen LogP contribution in [-0.4, -0.2) is 29.5 Å². The van der Waals surface area contributed by atoms with Crippen molar-refractivity contribution in [2.45, 2.75) is 51.0 Å². The molecule has 1 saturated carbocycles. The van der Waals surface area contributed by atoms with Gasteiger partial charge in [0.25, 0.3) is 0 Å². The van der Waals surface area contributed by atoms with Gasteiger partial charge in [0, 0.05) is 17.2 Å². The second-order valence-corrected chi connectivity index (χ2v) is 8.62. The highest BCUT2D eigenvalue weighted by molar-refractivity contribution is 5.92. The number of fused-ring (bicyclic) bond motifs is 3. The number of aromatic nitrogens is 6. The van der Waals surface area contributed by atoms with Crippen molar-refractivity contribution >= 4 is 22.5 Å². The first-order valence-electron chi connectivity index (χ1n) is 9.95. The maximum absolute atomic E-state index is 14.1. The van der Waals surface area contributed by atoms with Gasteiger partial charge in [-0.05, 0) is 45.7 Å². The van der Waals surface area contributed by atoms with Crippen molar-refractivity contribution in [2.24, 2.45) is 5.73 Å². The van der Waals surface area contributed by atoms with E-state index < -0.39 is 11.4 Å². The van der Waals surface area contributed by atoms with Gasteiger partial charge in [0.15, 0.2) is 11.5 Å². The van der Waals surface area contributed by atoms with Gasteiger partial charge in [-0.2, -0.15) is 4.52 Å². The van der Waals surface area contributed by atoms with E-state index in [1.807, 2.05) is 20.8 Å². The molecule has 0 radical (unpaired) electrons. The predicted molar refractivity (Wildman–Crippen MR) is 111 cm³/mol. The van der Waals surface area contributed by atoms with Crippen molar-refractivity contribution in [3.8, 4) is 0 Å². The van der Waals surface area contributed by atoms with Gasteiger partial charge in [0.1, 0.15) is 11.3 Å². The minimum absolute atomic E-state index is 0.124. The average Bonchev–Trinajstić information content (AvgIpc) is 3.08. The SMILES string of the molecule is Cc1nc(C(C)(C)N)cnc1C1CC(c2nc3c4cccc(F)c4nc(N)n3n2)C1. The Bertz CT molecular complexity index is 1280. The molecule has 1 aliphatic rings. The van der Waals surface area contributed by atoms with Gasteiger partial charge in [-0.3, -0.25) is 9.97 Å². The van der Waals surface area contributed by atoms with Gasteiger partial charge >= 0.3 is 0 Å². The number of anilines is 1. The summed E-state index contributed by atoms with van der Waals surface area (Å²) in [6.45, 7) is 5.81. The summed E-state index contributed by atoms with van der Waals surface area (Å²) < 4.78 is 15.6. The number of benzene rings is 1. The predicted octanol–water partition coefficient (Wildman–Crippen LogP) is 2.95. The Morgan fingerprint density at radius 3 is 2.60 bits per heavy atom. The van der Waals surface area contributed by atoms with E-state index in [9.17, 15) is 4.39 Å². The molecule has 3 heterocycles. The molecule has 0 atom stereocenters. The third-order valence-electron chi connectivity index (χ3n) is 5.83. The van der Waals surface area contributed by atoms with E-state index in [2.05, 4.69) is 25.0 Å². The Morgan fingerprint density at radius 2 is 1.90 bits per heavy atom. The highest BCUT2D eigenvalue weighted by Gasteiger charge is 2.36. The Hall–Kier alpha value is -3.20. The van der Waals surface area contributed by atoms with Gasteiger partial charge in [-0.15, -0.1) is 5.10 Å². The third-order valence-corrected chi connectivity index (χ3v) is 5.83. The maximum atomic E-state index is 14.1. The molecular weight excluding hydrogens is 383 g/mol. The molecule has 0 aliphatic heterocycles. The summed E-state index contributed by atoms with van der Waals surface area (Å²) in [4.78, 5) is 18.1. The van der Waals surface area contributed by atoms with Crippen LogP contribution >= 0.6 is 0 Å². The van der Waals surface area contributed by atoms with Crippen LogP contribution in [-0.2, 0) is 5.54 Å². The van der Waals surface area contributed by atoms with Crippen LogP contribution in [0.4, 0.5) is 10.3 Å². The number of hydrogen-bond donors (Lipinski definition) is 2. The molecule has 0 unspecified atom stereocenters. The summed E-state index contributed by atoms with van der Waals surface area (Å²) in [5.41, 5.74) is 15.0. The van der Waals surface area contributed by atoms with E-state index in [1.54, 1.807) is 18.3 Å². The molecule has 5 rings (SSSR count). The number of nitrogens with zero attached hydrogens (tertiary/aromatic N) is 6. The summed E-state index contributed by atoms with van der Waals surface area (Å²) in [6.07, 6.45) is 3.51. The highest BCUT2D eigenvalue weighted by Crippen LogP contribution is 2.46. The number of halogens is 1. The van der Waals surface area contributed by atoms with Crippen molar-refractivity contribution in [1.82, 2.24) is 29.5 Å². The van der Waals surface area contributed by atoms with Crippen LogP contribution in [0.2, 0.25) is 0 Å². The number of hydrogen-bond acceptors (Lipinski definition) is 7. The van der Waals surface area contributed by atoms with E-state index in [0.29, 0.717) is 22.8 Å². The largest absolute Gasteiger partial charge is 0.368 e. The molecule has 30 heavy (non-hydrogen) atoms. The monoisotopic (exact) mass is 406 g/mol. The van der Waals surface area contributed by atoms with E-state index >= 15 is 0 Å². The maximum Gasteiger partial charge on any atom is 0.223 e. The summed E-state index contributed by atoms with van der Waals surface area (Å²) >= 11 is 0. The molecule has 0 spiro atoms. The third kappa shape index (κ3) is 2.88. The second-order valence-electron chi connectivity index (χ2n) is 8.62. The molecule has 1 aromatic carbocycles. The molecule has 1 aliphatic carbocycles. The molecule has 154 valence electrons. The standard InChI is InChI=1S/C21H23FN8/c1-10-16(25-9-15(26-10)21(2,3)24)11-7-12(8-11)18-28-19-13-5-4-6-14(22)17(13)27-20(23)30(19)29-18/h4-6,9,11-12H,7-8,24H2,1-3H3,(H2,23,27). The molecule has 1 fully saturated rings. The lowest BCUT2D eigenvalue weighted by molar-refractivity contribution is 0.329. The van der Waals surface area contributed by atoms with E-state index in [1.165, 1.54) is 10.6 Å². The first kappa shape index (κ1) is 18.8. The van der Waals surface area contributed by atoms with Crippen LogP contribution in [0.3, 0.4) is 0 Å². The van der Waals surface area contributed by atoms with Crippen LogP contribution in [0, 0.1) is 12.7 Å². The van der Waals surface area contributed by atoms with Gasteiger partial charge in [-0.25, -0.2) is 14.4 Å². The molecule has 0 amide bonds. The van der Waals surface area contributed by atoms with E-state index in [-0.39, 0.29) is 17.4 Å². The van der Waals surface area contributed by atoms with Crippen LogP contribution < -0.4 is 11.5 Å². The molecule has 4 N–H and O–H groups in total. The van der Waals surface area contributed by atoms with Crippen molar-refractivity contribution < 1.29 is 4.39 Å². The molecule has 8 nitrogen and oxygen atoms in total. The van der Waals surface area contributed by atoms with Gasteiger partial charge in [-0.1, -0.05) is 6.07 Å². The second kappa shape index (κ2) is 6.40. The van der Waals surface area contributed by atoms with Crippen molar-refractivity contribution in [3.63, 3.8) is 0 Å². The minimum Gasteiger partial charge on any atom is -0.368 e. The number of nitrogen functional groups attached to an aromatic ring is 1.